The third-order valence-electron chi connectivity index (χ3n) is 4.69. The van der Waals surface area contributed by atoms with E-state index in [0.29, 0.717) is 0 Å². The molecule has 1 aromatic heterocycles. The monoisotopic (exact) mass is 321 g/mol. The zero-order valence-corrected chi connectivity index (χ0v) is 15.0. The van der Waals surface area contributed by atoms with Gasteiger partial charge in [-0.3, -0.25) is 4.68 Å². The number of nitrogens with zero attached hydrogens (tertiary/aromatic N) is 3. The largest absolute Gasteiger partial charge is 0.304 e. The molecule has 0 fully saturated rings. The van der Waals surface area contributed by atoms with Crippen LogP contribution in [0.25, 0.3) is 22.2 Å². The highest BCUT2D eigenvalue weighted by Crippen LogP contribution is 2.28. The molecular weight excluding hydrogens is 294 g/mol. The van der Waals surface area contributed by atoms with Crippen molar-refractivity contribution in [3.63, 3.8) is 0 Å². The molecule has 0 bridgehead atoms. The molecule has 1 heterocycles. The Morgan fingerprint density at radius 3 is 2.46 bits per heavy atom. The van der Waals surface area contributed by atoms with Crippen molar-refractivity contribution in [2.75, 3.05) is 19.6 Å². The second kappa shape index (κ2) is 7.63. The van der Waals surface area contributed by atoms with Gasteiger partial charge in [-0.1, -0.05) is 55.8 Å². The molecule has 0 amide bonds. The average molecular weight is 321 g/mol. The quantitative estimate of drug-likeness (QED) is 0.626. The van der Waals surface area contributed by atoms with Gasteiger partial charge < -0.3 is 4.90 Å². The highest BCUT2D eigenvalue weighted by molar-refractivity contribution is 5.93. The lowest BCUT2D eigenvalue weighted by atomic mass is 10.1. The maximum atomic E-state index is 4.95. The number of rotatable bonds is 7. The van der Waals surface area contributed by atoms with Gasteiger partial charge in [-0.25, -0.2) is 0 Å². The summed E-state index contributed by atoms with van der Waals surface area (Å²) in [5.41, 5.74) is 4.80. The Kier molecular flexibility index (Phi) is 5.31. The van der Waals surface area contributed by atoms with Gasteiger partial charge in [-0.15, -0.1) is 0 Å². The first-order chi connectivity index (χ1) is 11.7. The van der Waals surface area contributed by atoms with Gasteiger partial charge in [0.15, 0.2) is 0 Å². The Morgan fingerprint density at radius 1 is 1.00 bits per heavy atom. The summed E-state index contributed by atoms with van der Waals surface area (Å²) in [6, 6.07) is 17.1. The molecule has 0 unspecified atom stereocenters. The summed E-state index contributed by atoms with van der Waals surface area (Å²) >= 11 is 0. The van der Waals surface area contributed by atoms with Crippen molar-refractivity contribution < 1.29 is 0 Å². The Hall–Kier alpha value is -2.13. The van der Waals surface area contributed by atoms with Crippen molar-refractivity contribution in [2.45, 2.75) is 33.7 Å². The molecule has 126 valence electrons. The lowest BCUT2D eigenvalue weighted by Gasteiger charge is -2.17. The van der Waals surface area contributed by atoms with Gasteiger partial charge in [0.25, 0.3) is 0 Å². The standard InChI is InChI=1S/C21H27N3/c1-4-23(5-2)14-9-15-24-20-13-12-17(3)16-19(20)21(22-24)18-10-7-6-8-11-18/h6-8,10-13,16H,4-5,9,14-15H2,1-3H3. The Labute approximate surface area is 144 Å². The van der Waals surface area contributed by atoms with E-state index in [0.717, 1.165) is 38.3 Å². The molecule has 0 radical (unpaired) electrons. The summed E-state index contributed by atoms with van der Waals surface area (Å²) < 4.78 is 2.18. The van der Waals surface area contributed by atoms with Crippen LogP contribution in [-0.2, 0) is 6.54 Å². The van der Waals surface area contributed by atoms with Crippen molar-refractivity contribution in [3.8, 4) is 11.3 Å². The molecule has 0 aliphatic heterocycles. The molecule has 0 saturated heterocycles. The fourth-order valence-electron chi connectivity index (χ4n) is 3.26. The maximum Gasteiger partial charge on any atom is 0.100 e. The molecule has 0 atom stereocenters. The first-order valence-electron chi connectivity index (χ1n) is 8.98. The highest BCUT2D eigenvalue weighted by Gasteiger charge is 2.12. The molecule has 0 N–H and O–H groups in total. The van der Waals surface area contributed by atoms with E-state index in [9.17, 15) is 0 Å². The molecule has 2 aromatic carbocycles. The van der Waals surface area contributed by atoms with Crippen LogP contribution in [0.15, 0.2) is 48.5 Å². The van der Waals surface area contributed by atoms with E-state index in [1.165, 1.54) is 22.0 Å². The van der Waals surface area contributed by atoms with Crippen molar-refractivity contribution in [1.29, 1.82) is 0 Å². The van der Waals surface area contributed by atoms with Gasteiger partial charge in [-0.05, 0) is 45.1 Å². The second-order valence-electron chi connectivity index (χ2n) is 6.34. The SMILES string of the molecule is CCN(CC)CCCn1nc(-c2ccccc2)c2cc(C)ccc21. The van der Waals surface area contributed by atoms with Crippen LogP contribution in [0.3, 0.4) is 0 Å². The van der Waals surface area contributed by atoms with Gasteiger partial charge in [0.1, 0.15) is 5.69 Å². The Balaban J connectivity index is 1.91. The molecule has 3 rings (SSSR count). The number of hydrogen-bond donors (Lipinski definition) is 0. The van der Waals surface area contributed by atoms with Crippen LogP contribution < -0.4 is 0 Å². The lowest BCUT2D eigenvalue weighted by Crippen LogP contribution is -2.24. The molecule has 0 spiro atoms. The smallest absolute Gasteiger partial charge is 0.100 e. The normalized spacial score (nSPS) is 11.5. The van der Waals surface area contributed by atoms with E-state index in [2.05, 4.69) is 78.9 Å². The van der Waals surface area contributed by atoms with E-state index >= 15 is 0 Å². The molecule has 24 heavy (non-hydrogen) atoms. The van der Waals surface area contributed by atoms with Gasteiger partial charge in [0.05, 0.1) is 5.52 Å². The third kappa shape index (κ3) is 3.51. The van der Waals surface area contributed by atoms with E-state index in [1.807, 2.05) is 0 Å². The zero-order valence-electron chi connectivity index (χ0n) is 15.0. The maximum absolute atomic E-state index is 4.95. The first kappa shape index (κ1) is 16.7. The average Bonchev–Trinajstić information content (AvgIpc) is 2.97. The molecule has 3 aromatic rings. The van der Waals surface area contributed by atoms with Crippen molar-refractivity contribution in [2.24, 2.45) is 0 Å². The minimum Gasteiger partial charge on any atom is -0.304 e. The highest BCUT2D eigenvalue weighted by atomic mass is 15.3. The fourth-order valence-corrected chi connectivity index (χ4v) is 3.26. The summed E-state index contributed by atoms with van der Waals surface area (Å²) in [6.45, 7) is 10.9. The minimum absolute atomic E-state index is 0.961. The first-order valence-corrected chi connectivity index (χ1v) is 8.98. The summed E-state index contributed by atoms with van der Waals surface area (Å²) in [7, 11) is 0. The molecule has 0 aliphatic carbocycles. The van der Waals surface area contributed by atoms with Gasteiger partial charge >= 0.3 is 0 Å². The molecule has 3 heteroatoms. The van der Waals surface area contributed by atoms with Crippen LogP contribution >= 0.6 is 0 Å². The minimum atomic E-state index is 0.961. The predicted octanol–water partition coefficient (Wildman–Crippen LogP) is 4.74. The Morgan fingerprint density at radius 2 is 1.75 bits per heavy atom. The number of hydrogen-bond acceptors (Lipinski definition) is 2. The third-order valence-corrected chi connectivity index (χ3v) is 4.69. The van der Waals surface area contributed by atoms with E-state index in [4.69, 9.17) is 5.10 Å². The van der Waals surface area contributed by atoms with Crippen molar-refractivity contribution >= 4 is 10.9 Å². The second-order valence-corrected chi connectivity index (χ2v) is 6.34. The molecule has 0 saturated carbocycles. The van der Waals surface area contributed by atoms with Crippen molar-refractivity contribution in [1.82, 2.24) is 14.7 Å². The number of aromatic nitrogens is 2. The van der Waals surface area contributed by atoms with Crippen LogP contribution in [-0.4, -0.2) is 34.3 Å². The molecule has 0 aliphatic rings. The summed E-state index contributed by atoms with van der Waals surface area (Å²) in [5, 5.41) is 6.20. The van der Waals surface area contributed by atoms with E-state index in [1.54, 1.807) is 0 Å². The van der Waals surface area contributed by atoms with Crippen LogP contribution in [0.5, 0.6) is 0 Å². The molecule has 3 nitrogen and oxygen atoms in total. The summed E-state index contributed by atoms with van der Waals surface area (Å²) in [6.07, 6.45) is 1.13. The fraction of sp³-hybridized carbons (Fsp3) is 0.381. The van der Waals surface area contributed by atoms with Gasteiger partial charge in [0, 0.05) is 17.5 Å². The van der Waals surface area contributed by atoms with E-state index in [-0.39, 0.29) is 0 Å². The number of fused-ring (bicyclic) bond motifs is 1. The Bertz CT molecular complexity index is 785. The topological polar surface area (TPSA) is 21.1 Å². The van der Waals surface area contributed by atoms with E-state index < -0.39 is 0 Å². The summed E-state index contributed by atoms with van der Waals surface area (Å²) in [4.78, 5) is 2.47. The summed E-state index contributed by atoms with van der Waals surface area (Å²) in [5.74, 6) is 0. The lowest BCUT2D eigenvalue weighted by molar-refractivity contribution is 0.292. The predicted molar refractivity (Wildman–Crippen MR) is 102 cm³/mol. The van der Waals surface area contributed by atoms with Crippen LogP contribution in [0.4, 0.5) is 0 Å². The number of benzene rings is 2. The van der Waals surface area contributed by atoms with Crippen molar-refractivity contribution in [3.05, 3.63) is 54.1 Å². The van der Waals surface area contributed by atoms with Crippen LogP contribution in [0.1, 0.15) is 25.8 Å². The molecular formula is C21H27N3. The van der Waals surface area contributed by atoms with Gasteiger partial charge in [0.2, 0.25) is 0 Å². The number of aryl methyl sites for hydroxylation is 2. The van der Waals surface area contributed by atoms with Crippen LogP contribution in [0, 0.1) is 6.92 Å². The van der Waals surface area contributed by atoms with Crippen LogP contribution in [0.2, 0.25) is 0 Å². The van der Waals surface area contributed by atoms with Gasteiger partial charge in [-0.2, -0.15) is 5.10 Å². The zero-order chi connectivity index (χ0) is 16.9.